The summed E-state index contributed by atoms with van der Waals surface area (Å²) in [6.45, 7) is 2.97. The van der Waals surface area contributed by atoms with Gasteiger partial charge in [-0.05, 0) is 30.5 Å². The molecule has 138 valence electrons. The zero-order chi connectivity index (χ0) is 18.5. The lowest BCUT2D eigenvalue weighted by atomic mass is 9.87. The van der Waals surface area contributed by atoms with E-state index in [0.717, 1.165) is 23.3 Å². The van der Waals surface area contributed by atoms with Crippen molar-refractivity contribution in [1.29, 1.82) is 0 Å². The second-order valence-corrected chi connectivity index (χ2v) is 6.66. The highest BCUT2D eigenvalue weighted by Gasteiger charge is 2.33. The van der Waals surface area contributed by atoms with Crippen LogP contribution in [-0.4, -0.2) is 48.8 Å². The Morgan fingerprint density at radius 1 is 1.27 bits per heavy atom. The van der Waals surface area contributed by atoms with Gasteiger partial charge in [0.1, 0.15) is 5.75 Å². The van der Waals surface area contributed by atoms with Crippen LogP contribution in [0.1, 0.15) is 29.7 Å². The van der Waals surface area contributed by atoms with Gasteiger partial charge in [-0.2, -0.15) is 0 Å². The van der Waals surface area contributed by atoms with Gasteiger partial charge in [0.15, 0.2) is 0 Å². The van der Waals surface area contributed by atoms with Crippen LogP contribution in [-0.2, 0) is 11.2 Å². The Hall–Kier alpha value is -2.37. The third-order valence-corrected chi connectivity index (χ3v) is 4.74. The molecule has 1 aliphatic heterocycles. The van der Waals surface area contributed by atoms with Crippen molar-refractivity contribution in [1.82, 2.24) is 10.2 Å². The fourth-order valence-electron chi connectivity index (χ4n) is 3.56. The molecule has 1 amide bonds. The van der Waals surface area contributed by atoms with E-state index in [0.29, 0.717) is 13.1 Å². The van der Waals surface area contributed by atoms with Crippen molar-refractivity contribution in [2.45, 2.75) is 25.5 Å². The third-order valence-electron chi connectivity index (χ3n) is 4.74. The average Bonchev–Trinajstić information content (AvgIpc) is 2.66. The average molecular weight is 354 g/mol. The van der Waals surface area contributed by atoms with E-state index in [9.17, 15) is 9.90 Å². The molecule has 0 fully saturated rings. The summed E-state index contributed by atoms with van der Waals surface area (Å²) in [5.41, 5.74) is 3.36. The lowest BCUT2D eigenvalue weighted by Crippen LogP contribution is -2.45. The van der Waals surface area contributed by atoms with Crippen LogP contribution < -0.4 is 10.1 Å². The summed E-state index contributed by atoms with van der Waals surface area (Å²) in [5, 5.41) is 12.4. The lowest BCUT2D eigenvalue weighted by molar-refractivity contribution is -0.132. The van der Waals surface area contributed by atoms with Gasteiger partial charge in [-0.1, -0.05) is 42.5 Å². The third kappa shape index (κ3) is 3.89. The maximum atomic E-state index is 12.9. The molecule has 0 aliphatic carbocycles. The zero-order valence-electron chi connectivity index (χ0n) is 15.3. The molecular weight excluding hydrogens is 328 g/mol. The Morgan fingerprint density at radius 2 is 2.04 bits per heavy atom. The van der Waals surface area contributed by atoms with E-state index < -0.39 is 6.10 Å². The molecule has 26 heavy (non-hydrogen) atoms. The Morgan fingerprint density at radius 3 is 2.73 bits per heavy atom. The smallest absolute Gasteiger partial charge is 0.237 e. The molecule has 2 atom stereocenters. The first-order valence-corrected chi connectivity index (χ1v) is 9.00. The molecule has 5 nitrogen and oxygen atoms in total. The van der Waals surface area contributed by atoms with Gasteiger partial charge in [0.2, 0.25) is 5.91 Å². The number of methoxy groups -OCH3 is 1. The van der Waals surface area contributed by atoms with E-state index in [4.69, 9.17) is 4.74 Å². The van der Waals surface area contributed by atoms with Crippen LogP contribution in [0.25, 0.3) is 0 Å². The number of aliphatic hydroxyl groups excluding tert-OH is 1. The Balaban J connectivity index is 1.95. The number of ether oxygens (including phenoxy) is 1. The van der Waals surface area contributed by atoms with Crippen molar-refractivity contribution < 1.29 is 14.6 Å². The van der Waals surface area contributed by atoms with Crippen molar-refractivity contribution in [2.24, 2.45) is 0 Å². The molecule has 0 radical (unpaired) electrons. The standard InChI is InChI=1S/C21H26N2O3/c1-15(24)13-22-14-19(25)23-12-11-16-9-6-10-18(26-2)20(16)21(23)17-7-4-3-5-8-17/h3-10,15,21-22,24H,11-14H2,1-2H3/t15-,21+/m0/s1. The van der Waals surface area contributed by atoms with Gasteiger partial charge in [0.05, 0.1) is 25.8 Å². The summed E-state index contributed by atoms with van der Waals surface area (Å²) in [5.74, 6) is 0.835. The number of fused-ring (bicyclic) bond motifs is 1. The molecule has 2 aromatic carbocycles. The summed E-state index contributed by atoms with van der Waals surface area (Å²) in [6, 6.07) is 16.0. The summed E-state index contributed by atoms with van der Waals surface area (Å²) in [6.07, 6.45) is 0.327. The van der Waals surface area contributed by atoms with Crippen molar-refractivity contribution in [3.8, 4) is 5.75 Å². The van der Waals surface area contributed by atoms with Gasteiger partial charge >= 0.3 is 0 Å². The number of amides is 1. The van der Waals surface area contributed by atoms with E-state index in [2.05, 4.69) is 23.5 Å². The van der Waals surface area contributed by atoms with E-state index in [1.807, 2.05) is 35.2 Å². The molecule has 0 bridgehead atoms. The number of carbonyl (C=O) groups excluding carboxylic acids is 1. The Labute approximate surface area is 154 Å². The monoisotopic (exact) mass is 354 g/mol. The summed E-state index contributed by atoms with van der Waals surface area (Å²) < 4.78 is 5.62. The molecule has 1 aliphatic rings. The van der Waals surface area contributed by atoms with E-state index in [1.54, 1.807) is 14.0 Å². The van der Waals surface area contributed by atoms with E-state index in [-0.39, 0.29) is 18.5 Å². The van der Waals surface area contributed by atoms with Crippen LogP contribution in [0.3, 0.4) is 0 Å². The van der Waals surface area contributed by atoms with E-state index in [1.165, 1.54) is 5.56 Å². The first-order valence-electron chi connectivity index (χ1n) is 9.00. The zero-order valence-corrected chi connectivity index (χ0v) is 15.3. The fourth-order valence-corrected chi connectivity index (χ4v) is 3.56. The minimum absolute atomic E-state index is 0.0241. The number of nitrogens with zero attached hydrogens (tertiary/aromatic N) is 1. The summed E-state index contributed by atoms with van der Waals surface area (Å²) >= 11 is 0. The quantitative estimate of drug-likeness (QED) is 0.834. The minimum Gasteiger partial charge on any atom is -0.496 e. The molecule has 0 saturated carbocycles. The number of hydrogen-bond donors (Lipinski definition) is 2. The predicted octanol–water partition coefficient (Wildman–Crippen LogP) is 2.14. The maximum absolute atomic E-state index is 12.9. The highest BCUT2D eigenvalue weighted by molar-refractivity contribution is 5.80. The fraction of sp³-hybridized carbons (Fsp3) is 0.381. The van der Waals surface area contributed by atoms with Crippen molar-refractivity contribution >= 4 is 5.91 Å². The van der Waals surface area contributed by atoms with Crippen molar-refractivity contribution in [2.75, 3.05) is 26.7 Å². The molecule has 2 aromatic rings. The number of nitrogens with one attached hydrogen (secondary N) is 1. The number of carbonyl (C=O) groups is 1. The van der Waals surface area contributed by atoms with Crippen LogP contribution >= 0.6 is 0 Å². The van der Waals surface area contributed by atoms with Crippen molar-refractivity contribution in [3.05, 3.63) is 65.2 Å². The van der Waals surface area contributed by atoms with Crippen LogP contribution in [0.15, 0.2) is 48.5 Å². The normalized spacial score (nSPS) is 17.5. The second-order valence-electron chi connectivity index (χ2n) is 6.66. The van der Waals surface area contributed by atoms with Crippen LogP contribution in [0.4, 0.5) is 0 Å². The Bertz CT molecular complexity index is 732. The molecular formula is C21H26N2O3. The first kappa shape index (κ1) is 18.4. The highest BCUT2D eigenvalue weighted by atomic mass is 16.5. The molecule has 5 heteroatoms. The molecule has 2 N–H and O–H groups in total. The number of aliphatic hydroxyl groups is 1. The number of hydrogen-bond acceptors (Lipinski definition) is 4. The molecule has 0 unspecified atom stereocenters. The minimum atomic E-state index is -0.477. The molecule has 0 aromatic heterocycles. The molecule has 1 heterocycles. The first-order chi connectivity index (χ1) is 12.6. The SMILES string of the molecule is COc1cccc2c1[C@@H](c1ccccc1)N(C(=O)CNC[C@H](C)O)CC2. The topological polar surface area (TPSA) is 61.8 Å². The predicted molar refractivity (Wildman–Crippen MR) is 101 cm³/mol. The molecule has 3 rings (SSSR count). The van der Waals surface area contributed by atoms with E-state index >= 15 is 0 Å². The second kappa shape index (κ2) is 8.34. The van der Waals surface area contributed by atoms with Crippen LogP contribution in [0.2, 0.25) is 0 Å². The van der Waals surface area contributed by atoms with Crippen LogP contribution in [0.5, 0.6) is 5.75 Å². The highest BCUT2D eigenvalue weighted by Crippen LogP contribution is 2.40. The largest absolute Gasteiger partial charge is 0.496 e. The number of rotatable bonds is 6. The number of benzene rings is 2. The van der Waals surface area contributed by atoms with Gasteiger partial charge in [0.25, 0.3) is 0 Å². The summed E-state index contributed by atoms with van der Waals surface area (Å²) in [4.78, 5) is 14.8. The molecule has 0 saturated heterocycles. The maximum Gasteiger partial charge on any atom is 0.237 e. The molecule has 0 spiro atoms. The van der Waals surface area contributed by atoms with Gasteiger partial charge in [-0.15, -0.1) is 0 Å². The Kier molecular flexibility index (Phi) is 5.91. The van der Waals surface area contributed by atoms with Gasteiger partial charge in [-0.3, -0.25) is 4.79 Å². The lowest BCUT2D eigenvalue weighted by Gasteiger charge is -2.38. The van der Waals surface area contributed by atoms with Gasteiger partial charge in [0, 0.05) is 18.7 Å². The van der Waals surface area contributed by atoms with Crippen molar-refractivity contribution in [3.63, 3.8) is 0 Å². The summed E-state index contributed by atoms with van der Waals surface area (Å²) in [7, 11) is 1.67. The van der Waals surface area contributed by atoms with Gasteiger partial charge in [-0.25, -0.2) is 0 Å². The van der Waals surface area contributed by atoms with Crippen LogP contribution in [0, 0.1) is 0 Å². The van der Waals surface area contributed by atoms with Gasteiger partial charge < -0.3 is 20.1 Å².